The van der Waals surface area contributed by atoms with Crippen LogP contribution >= 0.6 is 0 Å². The second kappa shape index (κ2) is 6.23. The van der Waals surface area contributed by atoms with Crippen LogP contribution in [0.25, 0.3) is 0 Å². The van der Waals surface area contributed by atoms with Crippen molar-refractivity contribution in [3.8, 4) is 0 Å². The average Bonchev–Trinajstić information content (AvgIpc) is 3.14. The number of imide groups is 1. The topological polar surface area (TPSA) is 67.2 Å². The van der Waals surface area contributed by atoms with Gasteiger partial charge >= 0.3 is 12.6 Å². The fraction of sp³-hybridized carbons (Fsp3) is 0.312. The molecule has 3 amide bonds. The minimum atomic E-state index is -2.83. The fourth-order valence-electron chi connectivity index (χ4n) is 2.93. The summed E-state index contributed by atoms with van der Waals surface area (Å²) in [5, 5.41) is 2.60. The van der Waals surface area contributed by atoms with Gasteiger partial charge in [0.2, 0.25) is 0 Å². The van der Waals surface area contributed by atoms with Gasteiger partial charge < -0.3 is 5.32 Å². The first-order valence-corrected chi connectivity index (χ1v) is 7.59. The second-order valence-corrected chi connectivity index (χ2v) is 5.62. The van der Waals surface area contributed by atoms with E-state index in [9.17, 15) is 22.8 Å². The van der Waals surface area contributed by atoms with E-state index >= 15 is 0 Å². The highest BCUT2D eigenvalue weighted by Gasteiger charge is 2.51. The molecule has 1 aliphatic rings. The van der Waals surface area contributed by atoms with Crippen molar-refractivity contribution in [1.29, 1.82) is 0 Å². The van der Waals surface area contributed by atoms with Crippen molar-refractivity contribution in [2.75, 3.05) is 0 Å². The van der Waals surface area contributed by atoms with Crippen LogP contribution in [0.3, 0.4) is 0 Å². The Bertz CT molecular complexity index is 806. The van der Waals surface area contributed by atoms with Gasteiger partial charge in [-0.3, -0.25) is 14.3 Å². The number of hydrogen-bond acceptors (Lipinski definition) is 3. The molecule has 1 atom stereocenters. The number of amides is 3. The number of alkyl halides is 2. The van der Waals surface area contributed by atoms with E-state index in [2.05, 4.69) is 10.3 Å². The van der Waals surface area contributed by atoms with Gasteiger partial charge in [-0.15, -0.1) is 0 Å². The summed E-state index contributed by atoms with van der Waals surface area (Å²) in [6, 6.07) is 4.51. The monoisotopic (exact) mass is 352 g/mol. The Morgan fingerprint density at radius 3 is 2.52 bits per heavy atom. The molecule has 0 bridgehead atoms. The van der Waals surface area contributed by atoms with Gasteiger partial charge in [0.1, 0.15) is 17.2 Å². The van der Waals surface area contributed by atoms with E-state index in [0.717, 1.165) is 11.1 Å². The van der Waals surface area contributed by atoms with Gasteiger partial charge in [0.25, 0.3) is 5.91 Å². The summed E-state index contributed by atoms with van der Waals surface area (Å²) >= 11 is 0. The molecular formula is C16H15F3N4O2. The van der Waals surface area contributed by atoms with Crippen LogP contribution in [0.15, 0.2) is 36.7 Å². The third-order valence-electron chi connectivity index (χ3n) is 4.30. The fourth-order valence-corrected chi connectivity index (χ4v) is 2.93. The van der Waals surface area contributed by atoms with Gasteiger partial charge in [-0.1, -0.05) is 19.1 Å². The number of hydrogen-bond donors (Lipinski definition) is 1. The third-order valence-corrected chi connectivity index (χ3v) is 4.30. The molecule has 0 aliphatic carbocycles. The lowest BCUT2D eigenvalue weighted by molar-refractivity contribution is -0.132. The second-order valence-electron chi connectivity index (χ2n) is 5.62. The molecular weight excluding hydrogens is 337 g/mol. The number of rotatable bonds is 5. The number of halogens is 3. The third kappa shape index (κ3) is 2.75. The van der Waals surface area contributed by atoms with Gasteiger partial charge in [0.05, 0.1) is 6.54 Å². The highest BCUT2D eigenvalue weighted by molar-refractivity contribution is 6.07. The van der Waals surface area contributed by atoms with Crippen LogP contribution in [0.1, 0.15) is 31.3 Å². The molecule has 1 aliphatic heterocycles. The smallest absolute Gasteiger partial charge is 0.319 e. The van der Waals surface area contributed by atoms with Crippen molar-refractivity contribution in [2.45, 2.75) is 32.0 Å². The SMILES string of the molecule is CCC1(c2ccc(F)cc2)NC(=O)N(Cc2nccn2C(F)F)C1=O. The van der Waals surface area contributed by atoms with Crippen LogP contribution in [-0.2, 0) is 16.9 Å². The standard InChI is InChI=1S/C16H15F3N4O2/c1-2-16(10-3-5-11(17)6-4-10)13(24)23(15(25)21-16)9-12-20-7-8-22(12)14(18)19/h3-8,14H,2,9H2,1H3,(H,21,25). The summed E-state index contributed by atoms with van der Waals surface area (Å²) in [5.74, 6) is -1.16. The Balaban J connectivity index is 1.93. The summed E-state index contributed by atoms with van der Waals surface area (Å²) in [5.41, 5.74) is -0.929. The molecule has 2 aromatic rings. The van der Waals surface area contributed by atoms with Gasteiger partial charge in [-0.25, -0.2) is 14.2 Å². The zero-order valence-electron chi connectivity index (χ0n) is 13.2. The molecule has 0 saturated carbocycles. The van der Waals surface area contributed by atoms with Gasteiger partial charge in [-0.05, 0) is 24.1 Å². The number of carbonyl (C=O) groups excluding carboxylic acids is 2. The molecule has 132 valence electrons. The lowest BCUT2D eigenvalue weighted by Gasteiger charge is -2.25. The normalized spacial score (nSPS) is 20.4. The van der Waals surface area contributed by atoms with Gasteiger partial charge in [0.15, 0.2) is 0 Å². The van der Waals surface area contributed by atoms with Crippen molar-refractivity contribution in [1.82, 2.24) is 19.8 Å². The first kappa shape index (κ1) is 17.0. The van der Waals surface area contributed by atoms with Crippen molar-refractivity contribution >= 4 is 11.9 Å². The number of benzene rings is 1. The average molecular weight is 352 g/mol. The molecule has 3 rings (SSSR count). The van der Waals surface area contributed by atoms with Gasteiger partial charge in [-0.2, -0.15) is 8.78 Å². The quantitative estimate of drug-likeness (QED) is 0.842. The molecule has 0 radical (unpaired) electrons. The van der Waals surface area contributed by atoms with E-state index in [4.69, 9.17) is 0 Å². The molecule has 1 fully saturated rings. The Morgan fingerprint density at radius 2 is 1.92 bits per heavy atom. The predicted molar refractivity (Wildman–Crippen MR) is 80.9 cm³/mol. The molecule has 25 heavy (non-hydrogen) atoms. The molecule has 2 heterocycles. The van der Waals surface area contributed by atoms with Crippen LogP contribution in [0.4, 0.5) is 18.0 Å². The van der Waals surface area contributed by atoms with Crippen molar-refractivity contribution in [3.05, 3.63) is 53.9 Å². The lowest BCUT2D eigenvalue weighted by Crippen LogP contribution is -2.43. The number of urea groups is 1. The van der Waals surface area contributed by atoms with Crippen LogP contribution in [0.2, 0.25) is 0 Å². The zero-order valence-corrected chi connectivity index (χ0v) is 13.2. The number of carbonyl (C=O) groups is 2. The Hall–Kier alpha value is -2.84. The van der Waals surface area contributed by atoms with Crippen LogP contribution in [0.5, 0.6) is 0 Å². The molecule has 1 N–H and O–H groups in total. The Labute approximate surface area is 141 Å². The minimum absolute atomic E-state index is 0.107. The first-order valence-electron chi connectivity index (χ1n) is 7.59. The van der Waals surface area contributed by atoms with E-state index in [0.29, 0.717) is 10.1 Å². The molecule has 9 heteroatoms. The number of aromatic nitrogens is 2. The zero-order chi connectivity index (χ0) is 18.2. The summed E-state index contributed by atoms with van der Waals surface area (Å²) in [4.78, 5) is 29.8. The number of nitrogens with one attached hydrogen (secondary N) is 1. The number of imidazole rings is 1. The predicted octanol–water partition coefficient (Wildman–Crippen LogP) is 2.77. The van der Waals surface area contributed by atoms with Crippen molar-refractivity contribution in [2.24, 2.45) is 0 Å². The van der Waals surface area contributed by atoms with E-state index in [1.54, 1.807) is 6.92 Å². The summed E-state index contributed by atoms with van der Waals surface area (Å²) in [6.45, 7) is -1.51. The molecule has 6 nitrogen and oxygen atoms in total. The van der Waals surface area contributed by atoms with E-state index in [1.165, 1.54) is 30.5 Å². The summed E-state index contributed by atoms with van der Waals surface area (Å²) in [7, 11) is 0. The molecule has 1 unspecified atom stereocenters. The van der Waals surface area contributed by atoms with Gasteiger partial charge in [0, 0.05) is 12.4 Å². The van der Waals surface area contributed by atoms with Crippen LogP contribution in [0, 0.1) is 5.82 Å². The summed E-state index contributed by atoms with van der Waals surface area (Å²) in [6.07, 6.45) is 2.47. The molecule has 1 aromatic carbocycles. The molecule has 1 saturated heterocycles. The maximum Gasteiger partial charge on any atom is 0.325 e. The highest BCUT2D eigenvalue weighted by atomic mass is 19.3. The maximum atomic E-state index is 13.2. The van der Waals surface area contributed by atoms with Crippen LogP contribution in [-0.4, -0.2) is 26.4 Å². The number of nitrogens with zero attached hydrogens (tertiary/aromatic N) is 3. The Kier molecular flexibility index (Phi) is 4.23. The minimum Gasteiger partial charge on any atom is -0.319 e. The molecule has 1 aromatic heterocycles. The van der Waals surface area contributed by atoms with E-state index in [-0.39, 0.29) is 18.8 Å². The summed E-state index contributed by atoms with van der Waals surface area (Å²) < 4.78 is 39.6. The van der Waals surface area contributed by atoms with E-state index < -0.39 is 29.8 Å². The molecule has 0 spiro atoms. The van der Waals surface area contributed by atoms with Crippen LogP contribution < -0.4 is 5.32 Å². The van der Waals surface area contributed by atoms with E-state index in [1.807, 2.05) is 0 Å². The lowest BCUT2D eigenvalue weighted by atomic mass is 9.87. The van der Waals surface area contributed by atoms with Crippen molar-refractivity contribution < 1.29 is 22.8 Å². The van der Waals surface area contributed by atoms with Crippen molar-refractivity contribution in [3.63, 3.8) is 0 Å². The maximum absolute atomic E-state index is 13.2. The largest absolute Gasteiger partial charge is 0.325 e. The Morgan fingerprint density at radius 1 is 1.24 bits per heavy atom. The first-order chi connectivity index (χ1) is 11.9. The highest BCUT2D eigenvalue weighted by Crippen LogP contribution is 2.33.